The Morgan fingerprint density at radius 3 is 2.64 bits per heavy atom. The minimum absolute atomic E-state index is 0.719. The van der Waals surface area contributed by atoms with E-state index in [1.165, 1.54) is 0 Å². The van der Waals surface area contributed by atoms with Crippen LogP contribution in [0.4, 0.5) is 13.2 Å². The third-order valence-electron chi connectivity index (χ3n) is 1.02. The van der Waals surface area contributed by atoms with Crippen LogP contribution in [0.5, 0.6) is 0 Å². The Morgan fingerprint density at radius 1 is 1.64 bits per heavy atom. The number of hydrogen-bond acceptors (Lipinski definition) is 2. The highest BCUT2D eigenvalue weighted by Gasteiger charge is 2.47. The first-order chi connectivity index (χ1) is 5.00. The normalized spacial score (nSPS) is 25.0. The molecule has 1 N–H and O–H groups in total. The van der Waals surface area contributed by atoms with Crippen LogP contribution < -0.4 is 10.3 Å². The van der Waals surface area contributed by atoms with Gasteiger partial charge in [0.2, 0.25) is 6.04 Å². The van der Waals surface area contributed by atoms with E-state index < -0.39 is 18.1 Å². The maximum absolute atomic E-state index is 11.8. The van der Waals surface area contributed by atoms with E-state index in [9.17, 15) is 18.0 Å². The third-order valence-corrected chi connectivity index (χ3v) is 1.02. The van der Waals surface area contributed by atoms with Crippen molar-refractivity contribution < 1.29 is 18.0 Å². The number of carbonyl (C=O) groups is 1. The van der Waals surface area contributed by atoms with Gasteiger partial charge in [0.1, 0.15) is 0 Å². The lowest BCUT2D eigenvalue weighted by Gasteiger charge is -2.13. The first-order valence-corrected chi connectivity index (χ1v) is 2.66. The molecule has 1 aliphatic rings. The molecule has 59 valence electrons. The van der Waals surface area contributed by atoms with Crippen molar-refractivity contribution in [3.8, 4) is 0 Å². The highest BCUT2D eigenvalue weighted by atomic mass is 19.4. The van der Waals surface area contributed by atoms with Gasteiger partial charge in [0.25, 0.3) is 6.34 Å². The highest BCUT2D eigenvalue weighted by Crippen LogP contribution is 2.21. The summed E-state index contributed by atoms with van der Waals surface area (Å²) in [7, 11) is 0. The molecular weight excluding hydrogens is 161 g/mol. The minimum atomic E-state index is -4.48. The predicted molar refractivity (Wildman–Crippen MR) is 29.4 cm³/mol. The van der Waals surface area contributed by atoms with Crippen molar-refractivity contribution in [2.45, 2.75) is 12.2 Å². The quantitative estimate of drug-likeness (QED) is 0.524. The lowest BCUT2D eigenvalue weighted by atomic mass is 10.2. The van der Waals surface area contributed by atoms with Crippen molar-refractivity contribution in [3.63, 3.8) is 0 Å². The van der Waals surface area contributed by atoms with Crippen LogP contribution in [0.2, 0.25) is 0 Å². The SMILES string of the molecule is O=C1[C]C(C(F)(F)F)NC=[N+]1. The molecule has 1 amide bonds. The second-order valence-electron chi connectivity index (χ2n) is 1.85. The first-order valence-electron chi connectivity index (χ1n) is 2.66. The van der Waals surface area contributed by atoms with Crippen molar-refractivity contribution in [1.29, 1.82) is 0 Å². The molecule has 0 bridgehead atoms. The van der Waals surface area contributed by atoms with Crippen molar-refractivity contribution in [3.05, 3.63) is 6.42 Å². The molecule has 0 aromatic rings. The number of aliphatic imine (C=N–C) groups is 1. The van der Waals surface area contributed by atoms with Crippen molar-refractivity contribution in [2.75, 3.05) is 0 Å². The summed E-state index contributed by atoms with van der Waals surface area (Å²) >= 11 is 0. The average molecular weight is 164 g/mol. The lowest BCUT2D eigenvalue weighted by molar-refractivity contribution is -0.149. The number of nitrogens with one attached hydrogen (secondary N) is 1. The minimum Gasteiger partial charge on any atom is -0.264 e. The summed E-state index contributed by atoms with van der Waals surface area (Å²) in [6, 6.07) is -2.02. The summed E-state index contributed by atoms with van der Waals surface area (Å²) in [6.45, 7) is 0. The summed E-state index contributed by atoms with van der Waals surface area (Å²) in [5, 5.41) is 1.84. The van der Waals surface area contributed by atoms with Gasteiger partial charge in [-0.2, -0.15) is 13.2 Å². The number of halogens is 3. The van der Waals surface area contributed by atoms with Crippen LogP contribution in [0.25, 0.3) is 0 Å². The molecule has 0 aromatic heterocycles. The fourth-order valence-corrected chi connectivity index (χ4v) is 0.549. The van der Waals surface area contributed by atoms with Crippen LogP contribution in [-0.4, -0.2) is 24.5 Å². The van der Waals surface area contributed by atoms with Crippen LogP contribution in [0.15, 0.2) is 0 Å². The number of nitrogens with zero attached hydrogens (tertiary/aromatic N) is 1. The maximum atomic E-state index is 11.8. The zero-order chi connectivity index (χ0) is 8.48. The number of rotatable bonds is 0. The molecule has 0 spiro atoms. The first kappa shape index (κ1) is 8.03. The molecule has 6 heteroatoms. The summed E-state index contributed by atoms with van der Waals surface area (Å²) in [5.74, 6) is -0.994. The van der Waals surface area contributed by atoms with Gasteiger partial charge in [0, 0.05) is 0 Å². The molecule has 1 unspecified atom stereocenters. The van der Waals surface area contributed by atoms with Gasteiger partial charge < -0.3 is 0 Å². The van der Waals surface area contributed by atoms with Crippen molar-refractivity contribution in [1.82, 2.24) is 10.3 Å². The Kier molecular flexibility index (Phi) is 1.84. The Labute approximate surface area is 60.3 Å². The summed E-state index contributed by atoms with van der Waals surface area (Å²) in [5.41, 5.74) is 0. The maximum Gasteiger partial charge on any atom is 0.429 e. The monoisotopic (exact) mass is 164 g/mol. The average Bonchev–Trinajstić information content (AvgIpc) is 1.86. The van der Waals surface area contributed by atoms with Gasteiger partial charge in [-0.3, -0.25) is 5.32 Å². The molecule has 3 nitrogen and oxygen atoms in total. The smallest absolute Gasteiger partial charge is 0.264 e. The van der Waals surface area contributed by atoms with Crippen LogP contribution in [-0.2, 0) is 4.79 Å². The van der Waals surface area contributed by atoms with E-state index in [0.29, 0.717) is 0 Å². The van der Waals surface area contributed by atoms with Gasteiger partial charge in [0.05, 0.1) is 0 Å². The Morgan fingerprint density at radius 2 is 2.27 bits per heavy atom. The van der Waals surface area contributed by atoms with Gasteiger partial charge in [0.15, 0.2) is 6.42 Å². The lowest BCUT2D eigenvalue weighted by Crippen LogP contribution is -2.48. The van der Waals surface area contributed by atoms with Gasteiger partial charge >= 0.3 is 12.1 Å². The van der Waals surface area contributed by atoms with E-state index >= 15 is 0 Å². The van der Waals surface area contributed by atoms with E-state index in [0.717, 1.165) is 6.34 Å². The van der Waals surface area contributed by atoms with E-state index in [-0.39, 0.29) is 0 Å². The standard InChI is InChI=1S/C5H3F3N2O/c6-5(7,8)3-1-4(11)10-2-9-3/h2-3,9H/q+1. The van der Waals surface area contributed by atoms with Gasteiger partial charge in [-0.1, -0.05) is 0 Å². The molecule has 0 saturated carbocycles. The second-order valence-corrected chi connectivity index (χ2v) is 1.85. The van der Waals surface area contributed by atoms with Crippen LogP contribution >= 0.6 is 0 Å². The molecule has 1 rings (SSSR count). The van der Waals surface area contributed by atoms with E-state index in [4.69, 9.17) is 0 Å². The molecule has 1 heterocycles. The molecule has 1 atom stereocenters. The van der Waals surface area contributed by atoms with Crippen LogP contribution in [0.3, 0.4) is 0 Å². The molecule has 3 radical (unpaired) electrons. The molecule has 0 aromatic carbocycles. The zero-order valence-corrected chi connectivity index (χ0v) is 5.14. The second kappa shape index (κ2) is 2.52. The number of hydrogen-bond donors (Lipinski definition) is 1. The highest BCUT2D eigenvalue weighted by molar-refractivity contribution is 5.91. The van der Waals surface area contributed by atoms with Crippen LogP contribution in [0.1, 0.15) is 0 Å². The van der Waals surface area contributed by atoms with Gasteiger partial charge in [-0.25, -0.2) is 4.79 Å². The number of alkyl halides is 3. The van der Waals surface area contributed by atoms with Crippen LogP contribution in [0, 0.1) is 6.42 Å². The molecule has 1 aliphatic heterocycles. The molecule has 0 aliphatic carbocycles. The Hall–Kier alpha value is -1.07. The number of carbonyl (C=O) groups excluding carboxylic acids is 1. The molecule has 11 heavy (non-hydrogen) atoms. The van der Waals surface area contributed by atoms with Gasteiger partial charge in [-0.15, -0.1) is 0 Å². The fraction of sp³-hybridized carbons (Fsp3) is 0.400. The largest absolute Gasteiger partial charge is 0.429 e. The van der Waals surface area contributed by atoms with E-state index in [1.807, 2.05) is 5.32 Å². The number of amides is 1. The van der Waals surface area contributed by atoms with E-state index in [2.05, 4.69) is 4.99 Å². The Bertz CT molecular complexity index is 198. The fourth-order valence-electron chi connectivity index (χ4n) is 0.549. The summed E-state index contributed by atoms with van der Waals surface area (Å²) in [4.78, 5) is 13.3. The summed E-state index contributed by atoms with van der Waals surface area (Å²) < 4.78 is 35.3. The predicted octanol–water partition coefficient (Wildman–Crippen LogP) is -0.508. The van der Waals surface area contributed by atoms with E-state index in [1.54, 1.807) is 6.42 Å². The van der Waals surface area contributed by atoms with Crippen molar-refractivity contribution >= 4 is 12.2 Å². The third kappa shape index (κ3) is 1.92. The topological polar surface area (TPSA) is 43.2 Å². The van der Waals surface area contributed by atoms with Crippen molar-refractivity contribution in [2.24, 2.45) is 0 Å². The summed E-state index contributed by atoms with van der Waals surface area (Å²) in [6.07, 6.45) is -2.18. The molecule has 0 saturated heterocycles. The Balaban J connectivity index is 2.64. The zero-order valence-electron chi connectivity index (χ0n) is 5.14. The molecule has 0 fully saturated rings. The molecular formula is C5H3F3N2O+. The van der Waals surface area contributed by atoms with Gasteiger partial charge in [-0.05, 0) is 4.99 Å².